The predicted molar refractivity (Wildman–Crippen MR) is 120 cm³/mol. The van der Waals surface area contributed by atoms with Gasteiger partial charge in [0.15, 0.2) is 0 Å². The van der Waals surface area contributed by atoms with Gasteiger partial charge in [-0.2, -0.15) is 13.2 Å². The minimum Gasteiger partial charge on any atom is -0.489 e. The molecule has 1 aromatic heterocycles. The topological polar surface area (TPSA) is 37.0 Å². The van der Waals surface area contributed by atoms with E-state index in [1.165, 1.54) is 17.3 Å². The van der Waals surface area contributed by atoms with E-state index >= 15 is 0 Å². The molecule has 3 aromatic rings. The second-order valence-electron chi connectivity index (χ2n) is 9.08. The summed E-state index contributed by atoms with van der Waals surface area (Å²) >= 11 is 0. The Hall–Kier alpha value is -2.47. The lowest BCUT2D eigenvalue weighted by Crippen LogP contribution is -2.29. The summed E-state index contributed by atoms with van der Waals surface area (Å²) in [6.45, 7) is 3.22. The molecule has 32 heavy (non-hydrogen) atoms. The summed E-state index contributed by atoms with van der Waals surface area (Å²) in [5.41, 5.74) is 4.12. The Labute approximate surface area is 186 Å². The number of hydrogen-bond acceptors (Lipinski definition) is 2. The van der Waals surface area contributed by atoms with Crippen LogP contribution in [0.4, 0.5) is 13.2 Å². The average molecular weight is 443 g/mol. The van der Waals surface area contributed by atoms with Crippen molar-refractivity contribution < 1.29 is 17.9 Å². The van der Waals surface area contributed by atoms with Gasteiger partial charge in [-0.15, -0.1) is 0 Å². The molecule has 170 valence electrons. The first-order chi connectivity index (χ1) is 15.4. The molecular weight excluding hydrogens is 413 g/mol. The molecule has 2 heterocycles. The smallest absolute Gasteiger partial charge is 0.416 e. The molecule has 0 spiro atoms. The highest BCUT2D eigenvalue weighted by molar-refractivity contribution is 5.86. The van der Waals surface area contributed by atoms with E-state index in [-0.39, 0.29) is 12.5 Å². The van der Waals surface area contributed by atoms with Crippen molar-refractivity contribution in [3.8, 4) is 5.75 Å². The molecule has 2 N–H and O–H groups in total. The second-order valence-corrected chi connectivity index (χ2v) is 9.08. The van der Waals surface area contributed by atoms with Crippen LogP contribution in [0.1, 0.15) is 78.9 Å². The van der Waals surface area contributed by atoms with Gasteiger partial charge in [0.25, 0.3) is 0 Å². The van der Waals surface area contributed by atoms with Crippen molar-refractivity contribution >= 4 is 10.9 Å². The molecule has 1 saturated carbocycles. The first-order valence-corrected chi connectivity index (χ1v) is 11.6. The second kappa shape index (κ2) is 8.47. The molecule has 0 radical (unpaired) electrons. The Bertz CT molecular complexity index is 1110. The van der Waals surface area contributed by atoms with E-state index in [1.54, 1.807) is 12.1 Å². The van der Waals surface area contributed by atoms with Gasteiger partial charge in [0, 0.05) is 22.6 Å². The fourth-order valence-electron chi connectivity index (χ4n) is 5.42. The minimum atomic E-state index is -4.35. The van der Waals surface area contributed by atoms with Crippen molar-refractivity contribution in [1.29, 1.82) is 0 Å². The van der Waals surface area contributed by atoms with Crippen LogP contribution in [0.3, 0.4) is 0 Å². The standard InChI is InChI=1S/C26H29F3N2O/c1-2-23-25-20(11-12-30-23)21-14-18(8-10-24(21)31-25)32-15-16-7-9-19(17-5-3-4-6-17)22(13-16)26(27,28)29/h7-10,13-14,17,23,30-31H,2-6,11-12,15H2,1H3. The van der Waals surface area contributed by atoms with Crippen LogP contribution < -0.4 is 10.1 Å². The fraction of sp³-hybridized carbons (Fsp3) is 0.462. The van der Waals surface area contributed by atoms with Crippen molar-refractivity contribution in [1.82, 2.24) is 10.3 Å². The summed E-state index contributed by atoms with van der Waals surface area (Å²) in [6, 6.07) is 11.0. The van der Waals surface area contributed by atoms with Crippen molar-refractivity contribution in [3.63, 3.8) is 0 Å². The number of benzene rings is 2. The summed E-state index contributed by atoms with van der Waals surface area (Å²) < 4.78 is 47.2. The monoisotopic (exact) mass is 442 g/mol. The Morgan fingerprint density at radius 1 is 1.06 bits per heavy atom. The quantitative estimate of drug-likeness (QED) is 0.445. The first-order valence-electron chi connectivity index (χ1n) is 11.6. The van der Waals surface area contributed by atoms with E-state index in [4.69, 9.17) is 4.74 Å². The molecule has 0 bridgehead atoms. The lowest BCUT2D eigenvalue weighted by molar-refractivity contribution is -0.138. The predicted octanol–water partition coefficient (Wildman–Crippen LogP) is 7.02. The zero-order valence-corrected chi connectivity index (χ0v) is 18.3. The van der Waals surface area contributed by atoms with Gasteiger partial charge >= 0.3 is 6.18 Å². The maximum Gasteiger partial charge on any atom is 0.416 e. The van der Waals surface area contributed by atoms with Crippen LogP contribution in [-0.2, 0) is 19.2 Å². The number of nitrogens with one attached hydrogen (secondary N) is 2. The normalized spacial score (nSPS) is 19.4. The molecule has 1 aliphatic carbocycles. The van der Waals surface area contributed by atoms with Crippen LogP contribution in [-0.4, -0.2) is 11.5 Å². The number of halogens is 3. The summed E-state index contributed by atoms with van der Waals surface area (Å²) in [6.07, 6.45) is 1.32. The number of aromatic amines is 1. The van der Waals surface area contributed by atoms with Gasteiger partial charge in [0.05, 0.1) is 5.56 Å². The van der Waals surface area contributed by atoms with E-state index in [0.29, 0.717) is 22.9 Å². The van der Waals surface area contributed by atoms with E-state index in [0.717, 1.165) is 56.0 Å². The number of hydrogen-bond donors (Lipinski definition) is 2. The van der Waals surface area contributed by atoms with E-state index in [2.05, 4.69) is 17.2 Å². The van der Waals surface area contributed by atoms with Gasteiger partial charge in [-0.25, -0.2) is 0 Å². The first kappa shape index (κ1) is 21.4. The molecule has 1 unspecified atom stereocenters. The maximum atomic E-state index is 13.8. The summed E-state index contributed by atoms with van der Waals surface area (Å²) in [5, 5.41) is 4.68. The van der Waals surface area contributed by atoms with Crippen molar-refractivity contribution in [2.45, 2.75) is 70.2 Å². The van der Waals surface area contributed by atoms with Crippen molar-refractivity contribution in [3.05, 3.63) is 64.3 Å². The molecule has 1 atom stereocenters. The molecule has 0 saturated heterocycles. The third kappa shape index (κ3) is 4.01. The zero-order chi connectivity index (χ0) is 22.3. The van der Waals surface area contributed by atoms with Gasteiger partial charge in [-0.1, -0.05) is 31.9 Å². The molecular formula is C26H29F3N2O. The molecule has 5 rings (SSSR count). The van der Waals surface area contributed by atoms with Crippen LogP contribution in [0.5, 0.6) is 5.75 Å². The SMILES string of the molecule is CCC1NCCc2c1[nH]c1ccc(OCc3ccc(C4CCCC4)c(C(F)(F)F)c3)cc21. The Morgan fingerprint density at radius 2 is 1.88 bits per heavy atom. The van der Waals surface area contributed by atoms with Crippen LogP contribution in [0.2, 0.25) is 0 Å². The lowest BCUT2D eigenvalue weighted by Gasteiger charge is -2.23. The third-order valence-corrected chi connectivity index (χ3v) is 7.06. The number of alkyl halides is 3. The van der Waals surface area contributed by atoms with Crippen molar-refractivity contribution in [2.24, 2.45) is 0 Å². The third-order valence-electron chi connectivity index (χ3n) is 7.06. The average Bonchev–Trinajstić information content (AvgIpc) is 3.44. The summed E-state index contributed by atoms with van der Waals surface area (Å²) in [5.74, 6) is 0.699. The maximum absolute atomic E-state index is 13.8. The number of fused-ring (bicyclic) bond motifs is 3. The summed E-state index contributed by atoms with van der Waals surface area (Å²) in [7, 11) is 0. The number of rotatable bonds is 5. The number of H-pyrrole nitrogens is 1. The molecule has 1 fully saturated rings. The lowest BCUT2D eigenvalue weighted by atomic mass is 9.91. The fourth-order valence-corrected chi connectivity index (χ4v) is 5.42. The van der Waals surface area contributed by atoms with Gasteiger partial charge in [0.1, 0.15) is 12.4 Å². The van der Waals surface area contributed by atoms with Crippen LogP contribution in [0.25, 0.3) is 10.9 Å². The zero-order valence-electron chi connectivity index (χ0n) is 18.3. The minimum absolute atomic E-state index is 0.0187. The van der Waals surface area contributed by atoms with Crippen LogP contribution >= 0.6 is 0 Å². The number of aromatic nitrogens is 1. The molecule has 2 aromatic carbocycles. The number of ether oxygens (including phenoxy) is 1. The highest BCUT2D eigenvalue weighted by Gasteiger charge is 2.36. The Balaban J connectivity index is 1.38. The van der Waals surface area contributed by atoms with E-state index in [9.17, 15) is 13.2 Å². The van der Waals surface area contributed by atoms with Crippen molar-refractivity contribution in [2.75, 3.05) is 6.54 Å². The van der Waals surface area contributed by atoms with Gasteiger partial charge in [-0.05, 0) is 79.1 Å². The molecule has 6 heteroatoms. The van der Waals surface area contributed by atoms with Gasteiger partial charge < -0.3 is 15.0 Å². The van der Waals surface area contributed by atoms with Crippen LogP contribution in [0.15, 0.2) is 36.4 Å². The van der Waals surface area contributed by atoms with E-state index in [1.807, 2.05) is 18.2 Å². The highest BCUT2D eigenvalue weighted by Crippen LogP contribution is 2.42. The molecule has 1 aliphatic heterocycles. The van der Waals surface area contributed by atoms with Gasteiger partial charge in [0.2, 0.25) is 0 Å². The Kier molecular flexibility index (Phi) is 5.66. The molecule has 3 nitrogen and oxygen atoms in total. The van der Waals surface area contributed by atoms with Gasteiger partial charge in [-0.3, -0.25) is 0 Å². The largest absolute Gasteiger partial charge is 0.489 e. The Morgan fingerprint density at radius 3 is 2.62 bits per heavy atom. The van der Waals surface area contributed by atoms with Crippen LogP contribution in [0, 0.1) is 0 Å². The molecule has 2 aliphatic rings. The van der Waals surface area contributed by atoms with E-state index < -0.39 is 11.7 Å². The highest BCUT2D eigenvalue weighted by atomic mass is 19.4. The summed E-state index contributed by atoms with van der Waals surface area (Å²) in [4.78, 5) is 3.53. The molecule has 0 amide bonds.